The Morgan fingerprint density at radius 2 is 1.05 bits per heavy atom. The molecule has 8 rings (SSSR count). The van der Waals surface area contributed by atoms with Gasteiger partial charge in [-0.2, -0.15) is 0 Å². The first-order valence-corrected chi connectivity index (χ1v) is 14.6. The zero-order chi connectivity index (χ0) is 28.6. The van der Waals surface area contributed by atoms with Gasteiger partial charge in [0.25, 0.3) is 0 Å². The van der Waals surface area contributed by atoms with E-state index >= 15 is 0 Å². The Morgan fingerprint density at radius 3 is 1.81 bits per heavy atom. The van der Waals surface area contributed by atoms with Crippen molar-refractivity contribution in [1.82, 2.24) is 15.0 Å². The van der Waals surface area contributed by atoms with Crippen molar-refractivity contribution in [2.45, 2.75) is 38.5 Å². The second-order valence-electron chi connectivity index (χ2n) is 12.5. The number of benzene rings is 4. The van der Waals surface area contributed by atoms with Crippen molar-refractivity contribution in [1.29, 1.82) is 0 Å². The zero-order valence-electron chi connectivity index (χ0n) is 24.3. The van der Waals surface area contributed by atoms with Gasteiger partial charge in [0, 0.05) is 27.7 Å². The molecule has 0 unspecified atom stereocenters. The first-order chi connectivity index (χ1) is 20.3. The summed E-state index contributed by atoms with van der Waals surface area (Å²) in [6, 6.07) is 40.7. The third kappa shape index (κ3) is 3.50. The molecule has 202 valence electrons. The predicted molar refractivity (Wildman–Crippen MR) is 171 cm³/mol. The fraction of sp³-hybridized carbons (Fsp3) is 0.154. The average Bonchev–Trinajstić information content (AvgIpc) is 3.40. The molecule has 0 fully saturated rings. The van der Waals surface area contributed by atoms with Crippen LogP contribution in [0.2, 0.25) is 0 Å². The van der Waals surface area contributed by atoms with Crippen LogP contribution in [0.5, 0.6) is 0 Å². The van der Waals surface area contributed by atoms with Crippen molar-refractivity contribution in [3.63, 3.8) is 0 Å². The van der Waals surface area contributed by atoms with E-state index in [9.17, 15) is 0 Å². The lowest BCUT2D eigenvalue weighted by Gasteiger charge is -2.22. The monoisotopic (exact) mass is 541 g/mol. The molecule has 0 atom stereocenters. The van der Waals surface area contributed by atoms with E-state index in [1.54, 1.807) is 0 Å². The molecule has 2 heterocycles. The number of pyridine rings is 1. The number of fused-ring (bicyclic) bond motifs is 6. The summed E-state index contributed by atoms with van der Waals surface area (Å²) < 4.78 is 0. The van der Waals surface area contributed by atoms with Crippen molar-refractivity contribution in [2.75, 3.05) is 0 Å². The number of hydrogen-bond donors (Lipinski definition) is 0. The Morgan fingerprint density at radius 1 is 0.405 bits per heavy atom. The number of rotatable bonds is 3. The minimum Gasteiger partial charge on any atom is -0.251 e. The summed E-state index contributed by atoms with van der Waals surface area (Å²) in [7, 11) is 0. The van der Waals surface area contributed by atoms with Crippen LogP contribution in [0.4, 0.5) is 0 Å². The lowest BCUT2D eigenvalue weighted by Crippen LogP contribution is -2.19. The maximum atomic E-state index is 5.49. The van der Waals surface area contributed by atoms with Crippen LogP contribution in [-0.4, -0.2) is 15.0 Å². The van der Waals surface area contributed by atoms with Crippen molar-refractivity contribution >= 4 is 0 Å². The topological polar surface area (TPSA) is 38.7 Å². The third-order valence-electron chi connectivity index (χ3n) is 9.20. The molecule has 0 amide bonds. The van der Waals surface area contributed by atoms with Gasteiger partial charge in [0.2, 0.25) is 0 Å². The van der Waals surface area contributed by atoms with Crippen LogP contribution in [0.3, 0.4) is 0 Å². The quantitative estimate of drug-likeness (QED) is 0.224. The second-order valence-corrected chi connectivity index (χ2v) is 12.5. The van der Waals surface area contributed by atoms with Crippen molar-refractivity contribution < 1.29 is 0 Å². The smallest absolute Gasteiger partial charge is 0.0973 e. The highest BCUT2D eigenvalue weighted by atomic mass is 14.9. The Kier molecular flexibility index (Phi) is 5.21. The molecule has 0 aliphatic heterocycles. The summed E-state index contributed by atoms with van der Waals surface area (Å²) in [6.45, 7) is 9.08. The van der Waals surface area contributed by atoms with Gasteiger partial charge < -0.3 is 0 Å². The maximum Gasteiger partial charge on any atom is 0.0973 e. The average molecular weight is 542 g/mol. The molecule has 3 nitrogen and oxygen atoms in total. The molecule has 0 saturated carbocycles. The molecule has 4 aromatic carbocycles. The lowest BCUT2D eigenvalue weighted by molar-refractivity contribution is 0.616. The van der Waals surface area contributed by atoms with Crippen LogP contribution in [0.1, 0.15) is 50.2 Å². The summed E-state index contributed by atoms with van der Waals surface area (Å²) in [6.07, 6.45) is 0. The van der Waals surface area contributed by atoms with Crippen LogP contribution >= 0.6 is 0 Å². The third-order valence-corrected chi connectivity index (χ3v) is 9.20. The van der Waals surface area contributed by atoms with Gasteiger partial charge in [0.1, 0.15) is 0 Å². The van der Waals surface area contributed by atoms with E-state index in [2.05, 4.69) is 131 Å². The summed E-state index contributed by atoms with van der Waals surface area (Å²) >= 11 is 0. The standard InChI is InChI=1S/C39H31N3/c1-38(2)30-18-12-11-17-27(30)29-23-26(19-21-31(29)38)34-33(25-15-9-6-10-16-25)41-35-28-20-22-32(24-13-7-5-8-14-24)40-36(28)39(3,4)37(35)42-34/h5-23H,1-4H3. The van der Waals surface area contributed by atoms with Crippen molar-refractivity contribution in [3.05, 3.63) is 138 Å². The van der Waals surface area contributed by atoms with Gasteiger partial charge in [0.15, 0.2) is 0 Å². The molecule has 3 heteroatoms. The Bertz CT molecular complexity index is 2020. The summed E-state index contributed by atoms with van der Waals surface area (Å²) in [5.41, 5.74) is 14.9. The Hall–Kier alpha value is -4.89. The summed E-state index contributed by atoms with van der Waals surface area (Å²) in [5, 5.41) is 0. The fourth-order valence-corrected chi connectivity index (χ4v) is 6.93. The van der Waals surface area contributed by atoms with E-state index in [1.165, 1.54) is 22.3 Å². The van der Waals surface area contributed by atoms with Crippen molar-refractivity contribution in [2.24, 2.45) is 0 Å². The Balaban J connectivity index is 1.35. The number of hydrogen-bond acceptors (Lipinski definition) is 3. The highest BCUT2D eigenvalue weighted by Crippen LogP contribution is 2.51. The molecule has 0 spiro atoms. The fourth-order valence-electron chi connectivity index (χ4n) is 6.93. The number of nitrogens with zero attached hydrogens (tertiary/aromatic N) is 3. The molecule has 6 aromatic rings. The second kappa shape index (κ2) is 8.80. The first kappa shape index (κ1) is 24.9. The number of aromatic nitrogens is 3. The van der Waals surface area contributed by atoms with Crippen LogP contribution in [-0.2, 0) is 10.8 Å². The van der Waals surface area contributed by atoms with E-state index in [-0.39, 0.29) is 5.41 Å². The first-order valence-electron chi connectivity index (χ1n) is 14.6. The molecular formula is C39H31N3. The van der Waals surface area contributed by atoms with Crippen molar-refractivity contribution in [3.8, 4) is 56.2 Å². The molecule has 2 aliphatic carbocycles. The highest BCUT2D eigenvalue weighted by Gasteiger charge is 2.41. The van der Waals surface area contributed by atoms with E-state index in [0.717, 1.165) is 56.4 Å². The van der Waals surface area contributed by atoms with Gasteiger partial charge in [0.05, 0.1) is 39.6 Å². The molecular weight excluding hydrogens is 510 g/mol. The SMILES string of the molecule is CC1(C)c2ccccc2-c2cc(-c3nc4c(nc3-c3ccccc3)-c3ccc(-c5ccccc5)nc3C4(C)C)ccc21. The van der Waals surface area contributed by atoms with Gasteiger partial charge in [-0.3, -0.25) is 4.98 Å². The zero-order valence-corrected chi connectivity index (χ0v) is 24.3. The van der Waals surface area contributed by atoms with E-state index in [4.69, 9.17) is 15.0 Å². The van der Waals surface area contributed by atoms with Gasteiger partial charge in [-0.25, -0.2) is 9.97 Å². The molecule has 42 heavy (non-hydrogen) atoms. The molecule has 2 aliphatic rings. The van der Waals surface area contributed by atoms with Gasteiger partial charge in [-0.1, -0.05) is 111 Å². The van der Waals surface area contributed by atoms with Gasteiger partial charge in [-0.05, 0) is 54.3 Å². The summed E-state index contributed by atoms with van der Waals surface area (Å²) in [4.78, 5) is 16.1. The van der Waals surface area contributed by atoms with Crippen LogP contribution in [0.15, 0.2) is 115 Å². The molecule has 0 saturated heterocycles. The van der Waals surface area contributed by atoms with Gasteiger partial charge in [-0.15, -0.1) is 0 Å². The molecule has 0 N–H and O–H groups in total. The van der Waals surface area contributed by atoms with Crippen LogP contribution in [0.25, 0.3) is 56.2 Å². The van der Waals surface area contributed by atoms with E-state index in [1.807, 2.05) is 12.1 Å². The van der Waals surface area contributed by atoms with Gasteiger partial charge >= 0.3 is 0 Å². The molecule has 0 bridgehead atoms. The van der Waals surface area contributed by atoms with Crippen LogP contribution < -0.4 is 0 Å². The Labute approximate surface area is 247 Å². The lowest BCUT2D eigenvalue weighted by atomic mass is 9.82. The molecule has 0 radical (unpaired) electrons. The highest BCUT2D eigenvalue weighted by molar-refractivity contribution is 5.88. The van der Waals surface area contributed by atoms with Crippen LogP contribution in [0, 0.1) is 0 Å². The summed E-state index contributed by atoms with van der Waals surface area (Å²) in [5.74, 6) is 0. The van der Waals surface area contributed by atoms with E-state index < -0.39 is 5.41 Å². The maximum absolute atomic E-state index is 5.49. The minimum atomic E-state index is -0.391. The predicted octanol–water partition coefficient (Wildman–Crippen LogP) is 9.49. The minimum absolute atomic E-state index is 0.0396. The van der Waals surface area contributed by atoms with E-state index in [0.29, 0.717) is 0 Å². The normalized spacial score (nSPS) is 15.0. The largest absolute Gasteiger partial charge is 0.251 e. The molecule has 2 aromatic heterocycles.